The third kappa shape index (κ3) is 3.77. The number of aliphatic hydroxyl groups is 1. The Morgan fingerprint density at radius 1 is 1.12 bits per heavy atom. The van der Waals surface area contributed by atoms with Crippen LogP contribution in [0, 0.1) is 0 Å². The maximum Gasteiger partial charge on any atom is 0.255 e. The molecule has 174 valence electrons. The zero-order valence-corrected chi connectivity index (χ0v) is 19.2. The number of fused-ring (bicyclic) bond motifs is 1. The van der Waals surface area contributed by atoms with Gasteiger partial charge < -0.3 is 14.6 Å². The minimum atomic E-state index is -1.02. The van der Waals surface area contributed by atoms with Crippen molar-refractivity contribution >= 4 is 17.7 Å². The lowest BCUT2D eigenvalue weighted by Gasteiger charge is -2.29. The van der Waals surface area contributed by atoms with Crippen LogP contribution in [-0.2, 0) is 28.8 Å². The molecule has 9 heteroatoms. The number of nitrogens with zero attached hydrogens (tertiary/aromatic N) is 4. The Labute approximate surface area is 196 Å². The Morgan fingerprint density at radius 2 is 1.88 bits per heavy atom. The van der Waals surface area contributed by atoms with Crippen LogP contribution in [0.1, 0.15) is 48.3 Å². The summed E-state index contributed by atoms with van der Waals surface area (Å²) in [7, 11) is 1.90. The van der Waals surface area contributed by atoms with Crippen LogP contribution < -0.4 is 5.32 Å². The molecule has 1 saturated heterocycles. The molecule has 4 heterocycles. The molecular formula is C25H25N5O4. The number of pyridine rings is 1. The topological polar surface area (TPSA) is 117 Å². The molecule has 2 aliphatic heterocycles. The molecule has 2 N–H and O–H groups in total. The second-order valence-electron chi connectivity index (χ2n) is 9.32. The van der Waals surface area contributed by atoms with E-state index in [0.717, 1.165) is 28.2 Å². The molecule has 2 aromatic heterocycles. The van der Waals surface area contributed by atoms with Gasteiger partial charge in [0.15, 0.2) is 0 Å². The molecule has 1 atom stereocenters. The van der Waals surface area contributed by atoms with Crippen molar-refractivity contribution in [2.75, 3.05) is 0 Å². The van der Waals surface area contributed by atoms with Gasteiger partial charge in [-0.2, -0.15) is 0 Å². The Kier molecular flexibility index (Phi) is 5.09. The Bertz CT molecular complexity index is 1320. The molecule has 2 aliphatic rings. The van der Waals surface area contributed by atoms with Crippen LogP contribution in [0.25, 0.3) is 22.6 Å². The number of hydrogen-bond donors (Lipinski definition) is 2. The molecule has 0 radical (unpaired) electrons. The van der Waals surface area contributed by atoms with Crippen molar-refractivity contribution in [1.82, 2.24) is 24.8 Å². The van der Waals surface area contributed by atoms with Crippen LogP contribution in [0.3, 0.4) is 0 Å². The molecule has 34 heavy (non-hydrogen) atoms. The number of aryl methyl sites for hydroxylation is 1. The fraction of sp³-hybridized carbons (Fsp3) is 0.320. The lowest BCUT2D eigenvalue weighted by atomic mass is 10.0. The van der Waals surface area contributed by atoms with Gasteiger partial charge in [-0.05, 0) is 50.1 Å². The number of rotatable bonds is 4. The third-order valence-corrected chi connectivity index (χ3v) is 6.34. The van der Waals surface area contributed by atoms with E-state index in [4.69, 9.17) is 4.98 Å². The summed E-state index contributed by atoms with van der Waals surface area (Å²) in [6.07, 6.45) is 4.17. The molecule has 5 rings (SSSR count). The normalized spacial score (nSPS) is 18.3. The van der Waals surface area contributed by atoms with E-state index in [0.29, 0.717) is 24.2 Å². The number of amides is 3. The predicted molar refractivity (Wildman–Crippen MR) is 123 cm³/mol. The molecule has 0 aliphatic carbocycles. The molecule has 1 unspecified atom stereocenters. The average molecular weight is 460 g/mol. The second-order valence-corrected chi connectivity index (χ2v) is 9.32. The van der Waals surface area contributed by atoms with Gasteiger partial charge in [0.2, 0.25) is 11.8 Å². The van der Waals surface area contributed by atoms with Gasteiger partial charge >= 0.3 is 0 Å². The molecule has 0 saturated carbocycles. The minimum absolute atomic E-state index is 0.198. The number of nitrogens with one attached hydrogen (secondary N) is 1. The number of aromatic nitrogens is 3. The number of imidazole rings is 1. The maximum atomic E-state index is 12.9. The highest BCUT2D eigenvalue weighted by Crippen LogP contribution is 2.32. The number of piperidine rings is 1. The monoisotopic (exact) mass is 459 g/mol. The number of imide groups is 1. The minimum Gasteiger partial charge on any atom is -0.384 e. The predicted octanol–water partition coefficient (Wildman–Crippen LogP) is 2.14. The molecular weight excluding hydrogens is 434 g/mol. The molecule has 1 fully saturated rings. The number of benzene rings is 1. The summed E-state index contributed by atoms with van der Waals surface area (Å²) < 4.78 is 1.91. The molecule has 3 amide bonds. The van der Waals surface area contributed by atoms with Gasteiger partial charge in [-0.3, -0.25) is 24.7 Å². The molecule has 3 aromatic rings. The number of carbonyl (C=O) groups is 3. The maximum absolute atomic E-state index is 12.9. The quantitative estimate of drug-likeness (QED) is 0.578. The smallest absolute Gasteiger partial charge is 0.255 e. The van der Waals surface area contributed by atoms with Gasteiger partial charge in [0.05, 0.1) is 11.4 Å². The average Bonchev–Trinajstić information content (AvgIpc) is 3.33. The van der Waals surface area contributed by atoms with Crippen LogP contribution in [-0.4, -0.2) is 48.3 Å². The van der Waals surface area contributed by atoms with Crippen LogP contribution in [0.5, 0.6) is 0 Å². The first-order chi connectivity index (χ1) is 16.1. The van der Waals surface area contributed by atoms with E-state index in [-0.39, 0.29) is 18.2 Å². The van der Waals surface area contributed by atoms with Gasteiger partial charge in [0.1, 0.15) is 17.5 Å². The standard InChI is InChI=1S/C25H25N5O4/c1-25(2,34)20-8-5-15(11-26-20)22-27-18(13-29(22)3)14-4-6-17-16(10-14)12-30(24(17)33)19-7-9-21(31)28-23(19)32/h4-6,8,10-11,13,19,34H,7,9,12H2,1-3H3,(H,28,31,32). The fourth-order valence-electron chi connectivity index (χ4n) is 4.50. The number of carbonyl (C=O) groups excluding carboxylic acids is 3. The molecule has 0 bridgehead atoms. The highest BCUT2D eigenvalue weighted by Gasteiger charge is 2.39. The SMILES string of the molecule is Cn1cc(-c2ccc3c(c2)CN(C2CCC(=O)NC2=O)C3=O)nc1-c1ccc(C(C)(C)O)nc1. The van der Waals surface area contributed by atoms with Crippen molar-refractivity contribution in [2.45, 2.75) is 44.9 Å². The lowest BCUT2D eigenvalue weighted by molar-refractivity contribution is -0.136. The summed E-state index contributed by atoms with van der Waals surface area (Å²) in [5.74, 6) is -0.193. The van der Waals surface area contributed by atoms with Gasteiger partial charge in [-0.15, -0.1) is 0 Å². The van der Waals surface area contributed by atoms with Crippen molar-refractivity contribution in [3.8, 4) is 22.6 Å². The van der Waals surface area contributed by atoms with Gasteiger partial charge in [0.25, 0.3) is 5.91 Å². The van der Waals surface area contributed by atoms with E-state index in [1.165, 1.54) is 4.90 Å². The van der Waals surface area contributed by atoms with E-state index >= 15 is 0 Å². The fourth-order valence-corrected chi connectivity index (χ4v) is 4.50. The lowest BCUT2D eigenvalue weighted by Crippen LogP contribution is -2.52. The first-order valence-corrected chi connectivity index (χ1v) is 11.1. The number of hydrogen-bond acceptors (Lipinski definition) is 6. The summed E-state index contributed by atoms with van der Waals surface area (Å²) >= 11 is 0. The Hall–Kier alpha value is -3.85. The first kappa shape index (κ1) is 22.0. The van der Waals surface area contributed by atoms with E-state index in [2.05, 4.69) is 10.3 Å². The third-order valence-electron chi connectivity index (χ3n) is 6.34. The zero-order valence-electron chi connectivity index (χ0n) is 19.2. The summed E-state index contributed by atoms with van der Waals surface area (Å²) in [5.41, 5.74) is 3.39. The van der Waals surface area contributed by atoms with E-state index in [9.17, 15) is 19.5 Å². The highest BCUT2D eigenvalue weighted by atomic mass is 16.3. The Balaban J connectivity index is 1.41. The van der Waals surface area contributed by atoms with Gasteiger partial charge in [0, 0.05) is 49.1 Å². The summed E-state index contributed by atoms with van der Waals surface area (Å²) in [4.78, 5) is 47.3. The van der Waals surface area contributed by atoms with Crippen molar-refractivity contribution in [2.24, 2.45) is 7.05 Å². The van der Waals surface area contributed by atoms with E-state index in [1.54, 1.807) is 32.2 Å². The summed E-state index contributed by atoms with van der Waals surface area (Å²) in [5, 5.41) is 12.5. The van der Waals surface area contributed by atoms with E-state index < -0.39 is 17.6 Å². The van der Waals surface area contributed by atoms with Crippen LogP contribution >= 0.6 is 0 Å². The molecule has 1 aromatic carbocycles. The largest absolute Gasteiger partial charge is 0.384 e. The van der Waals surface area contributed by atoms with Crippen LogP contribution in [0.2, 0.25) is 0 Å². The second kappa shape index (κ2) is 7.88. The van der Waals surface area contributed by atoms with Crippen molar-refractivity contribution in [1.29, 1.82) is 0 Å². The highest BCUT2D eigenvalue weighted by molar-refractivity contribution is 6.05. The van der Waals surface area contributed by atoms with Crippen molar-refractivity contribution in [3.05, 3.63) is 59.5 Å². The summed E-state index contributed by atoms with van der Waals surface area (Å²) in [6.45, 7) is 3.69. The molecule has 9 nitrogen and oxygen atoms in total. The van der Waals surface area contributed by atoms with Crippen LogP contribution in [0.4, 0.5) is 0 Å². The first-order valence-electron chi connectivity index (χ1n) is 11.1. The van der Waals surface area contributed by atoms with Gasteiger partial charge in [-0.1, -0.05) is 6.07 Å². The van der Waals surface area contributed by atoms with Gasteiger partial charge in [-0.25, -0.2) is 4.98 Å². The van der Waals surface area contributed by atoms with Crippen LogP contribution in [0.15, 0.2) is 42.7 Å². The van der Waals surface area contributed by atoms with E-state index in [1.807, 2.05) is 36.0 Å². The van der Waals surface area contributed by atoms with Crippen molar-refractivity contribution < 1.29 is 19.5 Å². The molecule has 0 spiro atoms. The zero-order chi connectivity index (χ0) is 24.2. The Morgan fingerprint density at radius 3 is 2.56 bits per heavy atom. The summed E-state index contributed by atoms with van der Waals surface area (Å²) in [6, 6.07) is 8.59. The van der Waals surface area contributed by atoms with Crippen molar-refractivity contribution in [3.63, 3.8) is 0 Å².